The summed E-state index contributed by atoms with van der Waals surface area (Å²) in [7, 11) is 0. The Morgan fingerprint density at radius 2 is 1.69 bits per heavy atom. The number of benzene rings is 1. The summed E-state index contributed by atoms with van der Waals surface area (Å²) in [6, 6.07) is 7.98. The van der Waals surface area contributed by atoms with Crippen LogP contribution in [0.25, 0.3) is 5.69 Å². The van der Waals surface area contributed by atoms with Crippen molar-refractivity contribution in [2.45, 2.75) is 70.6 Å². The Bertz CT molecular complexity index is 1210. The second-order valence-electron chi connectivity index (χ2n) is 11.0. The number of hydrogen-bond acceptors (Lipinski definition) is 7. The van der Waals surface area contributed by atoms with E-state index in [1.54, 1.807) is 35.9 Å². The first kappa shape index (κ1) is 30.6. The number of urea groups is 1. The molecule has 0 unspecified atom stereocenters. The number of rotatable bonds is 6. The maximum atomic E-state index is 12.8. The molecule has 1 aromatic heterocycles. The van der Waals surface area contributed by atoms with Gasteiger partial charge < -0.3 is 26.6 Å². The molecule has 39 heavy (non-hydrogen) atoms. The van der Waals surface area contributed by atoms with Gasteiger partial charge in [0, 0.05) is 51.0 Å². The number of carbonyl (C=O) groups is 2. The van der Waals surface area contributed by atoms with Crippen LogP contribution in [0.5, 0.6) is 0 Å². The summed E-state index contributed by atoms with van der Waals surface area (Å²) in [6.07, 6.45) is 5.94. The van der Waals surface area contributed by atoms with E-state index in [2.05, 4.69) is 15.6 Å². The van der Waals surface area contributed by atoms with Gasteiger partial charge in [0.25, 0.3) is 0 Å². The second-order valence-corrected chi connectivity index (χ2v) is 11.0. The van der Waals surface area contributed by atoms with Gasteiger partial charge in [0.1, 0.15) is 5.82 Å². The van der Waals surface area contributed by atoms with Crippen molar-refractivity contribution in [1.82, 2.24) is 24.7 Å². The maximum Gasteiger partial charge on any atom is 0.354 e. The van der Waals surface area contributed by atoms with Crippen LogP contribution in [0.15, 0.2) is 35.3 Å². The number of aromatic nitrogens is 2. The summed E-state index contributed by atoms with van der Waals surface area (Å²) in [5.41, 5.74) is 13.5. The van der Waals surface area contributed by atoms with Crippen LogP contribution in [0.2, 0.25) is 0 Å². The highest BCUT2D eigenvalue weighted by atomic mass is 35.5. The molecule has 6 N–H and O–H groups in total. The van der Waals surface area contributed by atoms with Crippen molar-refractivity contribution in [2.24, 2.45) is 11.5 Å². The molecule has 11 nitrogen and oxygen atoms in total. The van der Waals surface area contributed by atoms with E-state index >= 15 is 0 Å². The molecule has 1 aromatic carbocycles. The number of nitrogens with one attached hydrogen (secondary N) is 2. The maximum absolute atomic E-state index is 12.8. The van der Waals surface area contributed by atoms with E-state index in [4.69, 9.17) is 11.5 Å². The third-order valence-corrected chi connectivity index (χ3v) is 7.40. The summed E-state index contributed by atoms with van der Waals surface area (Å²) in [5, 5.41) is 6.33. The number of carbonyl (C=O) groups excluding carboxylic acids is 2. The van der Waals surface area contributed by atoms with E-state index in [0.717, 1.165) is 37.8 Å². The Labute approximate surface area is 235 Å². The molecule has 0 spiro atoms. The van der Waals surface area contributed by atoms with Crippen molar-refractivity contribution in [1.29, 1.82) is 0 Å². The summed E-state index contributed by atoms with van der Waals surface area (Å²) < 4.78 is 1.46. The Balaban J connectivity index is 0.00000420. The molecule has 1 aliphatic carbocycles. The molecule has 1 saturated carbocycles. The van der Waals surface area contributed by atoms with E-state index in [-0.39, 0.29) is 30.2 Å². The highest BCUT2D eigenvalue weighted by molar-refractivity contribution is 5.89. The van der Waals surface area contributed by atoms with Crippen molar-refractivity contribution >= 4 is 30.2 Å². The largest absolute Gasteiger partial charge is 0.354 e. The predicted molar refractivity (Wildman–Crippen MR) is 154 cm³/mol. The summed E-state index contributed by atoms with van der Waals surface area (Å²) in [6.45, 7) is 7.71. The standard InChI is InChI=1S/C27H40N8O3.ClH/c1-18-16-22(9-4-19(18)17-30-21-7-5-20(28)6-8-21)35-11-10-23(32-26(35)38)31-25(37)34-14-12-33(13-15-34)24(36)27(2,3)29;/h4,9-11,16,20-21,30H,5-8,12-15,17,28-29H2,1-3H3,(H,31,32,37,38);1H/t20-,21-;. The van der Waals surface area contributed by atoms with Crippen LogP contribution in [0.4, 0.5) is 10.6 Å². The molecule has 2 aromatic rings. The fraction of sp³-hybridized carbons (Fsp3) is 0.556. The Morgan fingerprint density at radius 1 is 1.05 bits per heavy atom. The first-order chi connectivity index (χ1) is 18.0. The van der Waals surface area contributed by atoms with Gasteiger partial charge in [-0.15, -0.1) is 12.4 Å². The van der Waals surface area contributed by atoms with Crippen LogP contribution >= 0.6 is 12.4 Å². The second kappa shape index (κ2) is 12.9. The van der Waals surface area contributed by atoms with Crippen LogP contribution in [0, 0.1) is 6.92 Å². The van der Waals surface area contributed by atoms with E-state index in [0.29, 0.717) is 44.0 Å². The molecule has 214 valence electrons. The Morgan fingerprint density at radius 3 is 2.28 bits per heavy atom. The third kappa shape index (κ3) is 7.78. The highest BCUT2D eigenvalue weighted by Gasteiger charge is 2.31. The summed E-state index contributed by atoms with van der Waals surface area (Å²) in [4.78, 5) is 45.2. The van der Waals surface area contributed by atoms with Gasteiger partial charge in [-0.25, -0.2) is 9.59 Å². The van der Waals surface area contributed by atoms with Gasteiger partial charge in [-0.05, 0) is 75.8 Å². The van der Waals surface area contributed by atoms with Crippen molar-refractivity contribution < 1.29 is 9.59 Å². The van der Waals surface area contributed by atoms with Crippen LogP contribution in [-0.2, 0) is 11.3 Å². The average molecular weight is 561 g/mol. The first-order valence-corrected chi connectivity index (χ1v) is 13.3. The Hall–Kier alpha value is -2.99. The smallest absolute Gasteiger partial charge is 0.338 e. The molecular weight excluding hydrogens is 520 g/mol. The molecule has 1 saturated heterocycles. The van der Waals surface area contributed by atoms with Gasteiger partial charge >= 0.3 is 11.7 Å². The van der Waals surface area contributed by atoms with Crippen LogP contribution in [0.3, 0.4) is 0 Å². The lowest BCUT2D eigenvalue weighted by Crippen LogP contribution is -2.58. The Kier molecular flexibility index (Phi) is 10.1. The average Bonchev–Trinajstić information content (AvgIpc) is 2.88. The molecular formula is C27H41ClN8O3. The fourth-order valence-corrected chi connectivity index (χ4v) is 4.98. The third-order valence-electron chi connectivity index (χ3n) is 7.40. The zero-order valence-corrected chi connectivity index (χ0v) is 23.8. The first-order valence-electron chi connectivity index (χ1n) is 13.3. The lowest BCUT2D eigenvalue weighted by Gasteiger charge is -2.37. The zero-order chi connectivity index (χ0) is 27.4. The van der Waals surface area contributed by atoms with Gasteiger partial charge in [-0.1, -0.05) is 6.07 Å². The molecule has 12 heteroatoms. The fourth-order valence-electron chi connectivity index (χ4n) is 4.98. The van der Waals surface area contributed by atoms with Crippen LogP contribution in [-0.4, -0.2) is 75.1 Å². The van der Waals surface area contributed by atoms with Crippen molar-refractivity contribution in [3.05, 3.63) is 52.1 Å². The number of anilines is 1. The minimum atomic E-state index is -0.946. The zero-order valence-electron chi connectivity index (χ0n) is 23.0. The van der Waals surface area contributed by atoms with E-state index in [1.807, 2.05) is 25.1 Å². The minimum absolute atomic E-state index is 0. The quantitative estimate of drug-likeness (QED) is 0.420. The molecule has 4 rings (SSSR count). The predicted octanol–water partition coefficient (Wildman–Crippen LogP) is 1.74. The highest BCUT2D eigenvalue weighted by Crippen LogP contribution is 2.19. The molecule has 2 fully saturated rings. The van der Waals surface area contributed by atoms with E-state index < -0.39 is 11.2 Å². The SMILES string of the molecule is Cc1cc(-n2ccc(NC(=O)N3CCN(C(=O)C(C)(C)N)CC3)nc2=O)ccc1CN[C@H]1CC[C@H](N)CC1.Cl. The normalized spacial score (nSPS) is 19.8. The number of nitrogens with zero attached hydrogens (tertiary/aromatic N) is 4. The van der Waals surface area contributed by atoms with Gasteiger partial charge in [0.15, 0.2) is 0 Å². The summed E-state index contributed by atoms with van der Waals surface area (Å²) in [5.74, 6) is 0.0411. The minimum Gasteiger partial charge on any atom is -0.338 e. The summed E-state index contributed by atoms with van der Waals surface area (Å²) >= 11 is 0. The number of aryl methyl sites for hydroxylation is 1. The van der Waals surface area contributed by atoms with Gasteiger partial charge in [0.2, 0.25) is 5.91 Å². The van der Waals surface area contributed by atoms with Gasteiger partial charge in [-0.2, -0.15) is 4.98 Å². The number of halogens is 1. The number of piperazine rings is 1. The van der Waals surface area contributed by atoms with Crippen molar-refractivity contribution in [3.8, 4) is 5.69 Å². The molecule has 2 heterocycles. The van der Waals surface area contributed by atoms with Gasteiger partial charge in [0.05, 0.1) is 11.2 Å². The number of nitrogens with two attached hydrogens (primary N) is 2. The van der Waals surface area contributed by atoms with Crippen LogP contribution in [0.1, 0.15) is 50.7 Å². The number of hydrogen-bond donors (Lipinski definition) is 4. The lowest BCUT2D eigenvalue weighted by atomic mass is 9.91. The lowest BCUT2D eigenvalue weighted by molar-refractivity contribution is -0.137. The molecule has 3 amide bonds. The van der Waals surface area contributed by atoms with E-state index in [9.17, 15) is 14.4 Å². The van der Waals surface area contributed by atoms with Crippen molar-refractivity contribution in [3.63, 3.8) is 0 Å². The molecule has 0 bridgehead atoms. The van der Waals surface area contributed by atoms with Crippen LogP contribution < -0.4 is 27.8 Å². The van der Waals surface area contributed by atoms with Gasteiger partial charge in [-0.3, -0.25) is 14.7 Å². The molecule has 2 aliphatic rings. The van der Waals surface area contributed by atoms with E-state index in [1.165, 1.54) is 10.1 Å². The monoisotopic (exact) mass is 560 g/mol. The topological polar surface area (TPSA) is 152 Å². The molecule has 0 atom stereocenters. The number of amides is 3. The molecule has 1 aliphatic heterocycles. The van der Waals surface area contributed by atoms with Crippen molar-refractivity contribution in [2.75, 3.05) is 31.5 Å². The molecule has 0 radical (unpaired) electrons.